The first-order valence-electron chi connectivity index (χ1n) is 5.92. The molecule has 0 bridgehead atoms. The third-order valence-electron chi connectivity index (χ3n) is 2.74. The van der Waals surface area contributed by atoms with E-state index in [0.29, 0.717) is 24.5 Å². The Morgan fingerprint density at radius 3 is 2.74 bits per heavy atom. The second-order valence-corrected chi connectivity index (χ2v) is 4.21. The molecule has 7 heteroatoms. The molecule has 0 aliphatic rings. The molecule has 0 radical (unpaired) electrons. The van der Waals surface area contributed by atoms with E-state index < -0.39 is 4.92 Å². The molecule has 1 aromatic rings. The Kier molecular flexibility index (Phi) is 5.09. The van der Waals surface area contributed by atoms with Gasteiger partial charge in [0, 0.05) is 30.9 Å². The van der Waals surface area contributed by atoms with Gasteiger partial charge in [0.1, 0.15) is 0 Å². The number of anilines is 2. The second kappa shape index (κ2) is 6.56. The molecular weight excluding hydrogens is 246 g/mol. The van der Waals surface area contributed by atoms with Gasteiger partial charge in [-0.25, -0.2) is 0 Å². The van der Waals surface area contributed by atoms with E-state index in [-0.39, 0.29) is 11.6 Å². The van der Waals surface area contributed by atoms with Crippen LogP contribution in [0.3, 0.4) is 0 Å². The van der Waals surface area contributed by atoms with E-state index in [9.17, 15) is 10.1 Å². The summed E-state index contributed by atoms with van der Waals surface area (Å²) in [4.78, 5) is 12.3. The van der Waals surface area contributed by atoms with Crippen molar-refractivity contribution in [2.75, 3.05) is 23.4 Å². The third kappa shape index (κ3) is 3.82. The summed E-state index contributed by atoms with van der Waals surface area (Å²) >= 11 is 0. The molecule has 1 unspecified atom stereocenters. The highest BCUT2D eigenvalue weighted by Gasteiger charge is 2.15. The van der Waals surface area contributed by atoms with Gasteiger partial charge in [-0.3, -0.25) is 16.0 Å². The largest absolute Gasteiger partial charge is 0.370 e. The molecular formula is C12H17N5O2. The maximum Gasteiger partial charge on any atom is 0.273 e. The molecule has 0 saturated heterocycles. The van der Waals surface area contributed by atoms with Crippen LogP contribution >= 0.6 is 0 Å². The molecule has 1 rings (SSSR count). The number of nitrogen functional groups attached to an aromatic ring is 1. The molecule has 19 heavy (non-hydrogen) atoms. The first kappa shape index (κ1) is 14.7. The SMILES string of the molecule is CCN(CC(C)C#N)c1cc(NN)cc([N+](=O)[O-])c1. The molecule has 0 aliphatic carbocycles. The Morgan fingerprint density at radius 2 is 2.26 bits per heavy atom. The lowest BCUT2D eigenvalue weighted by atomic mass is 10.1. The smallest absolute Gasteiger partial charge is 0.273 e. The Bertz CT molecular complexity index is 497. The predicted molar refractivity (Wildman–Crippen MR) is 73.6 cm³/mol. The molecule has 7 nitrogen and oxygen atoms in total. The van der Waals surface area contributed by atoms with Crippen molar-refractivity contribution in [1.82, 2.24) is 0 Å². The van der Waals surface area contributed by atoms with Gasteiger partial charge < -0.3 is 10.3 Å². The minimum atomic E-state index is -0.466. The van der Waals surface area contributed by atoms with Gasteiger partial charge in [0.15, 0.2) is 0 Å². The number of non-ortho nitro benzene ring substituents is 1. The lowest BCUT2D eigenvalue weighted by Crippen LogP contribution is -2.28. The standard InChI is InChI=1S/C12H17N5O2/c1-3-16(8-9(2)7-13)11-4-10(15-14)5-12(6-11)17(18)19/h4-6,9,15H,3,8,14H2,1-2H3. The van der Waals surface area contributed by atoms with Gasteiger partial charge in [-0.1, -0.05) is 0 Å². The minimum Gasteiger partial charge on any atom is -0.370 e. The monoisotopic (exact) mass is 263 g/mol. The van der Waals surface area contributed by atoms with E-state index in [1.807, 2.05) is 18.7 Å². The van der Waals surface area contributed by atoms with Gasteiger partial charge in [0.25, 0.3) is 5.69 Å². The van der Waals surface area contributed by atoms with E-state index in [1.165, 1.54) is 12.1 Å². The van der Waals surface area contributed by atoms with Crippen molar-refractivity contribution in [3.05, 3.63) is 28.3 Å². The van der Waals surface area contributed by atoms with Crippen molar-refractivity contribution in [3.63, 3.8) is 0 Å². The van der Waals surface area contributed by atoms with Gasteiger partial charge in [-0.15, -0.1) is 0 Å². The highest BCUT2D eigenvalue weighted by atomic mass is 16.6. The van der Waals surface area contributed by atoms with E-state index in [4.69, 9.17) is 11.1 Å². The summed E-state index contributed by atoms with van der Waals surface area (Å²) in [5, 5.41) is 19.7. The number of hydrogen-bond acceptors (Lipinski definition) is 6. The first-order chi connectivity index (χ1) is 9.01. The van der Waals surface area contributed by atoms with Gasteiger partial charge in [0.2, 0.25) is 0 Å². The average molecular weight is 263 g/mol. The number of nitro groups is 1. The number of nitrogens with two attached hydrogens (primary N) is 1. The fourth-order valence-corrected chi connectivity index (χ4v) is 1.75. The fourth-order valence-electron chi connectivity index (χ4n) is 1.75. The Balaban J connectivity index is 3.12. The van der Waals surface area contributed by atoms with Gasteiger partial charge in [-0.05, 0) is 19.9 Å². The maximum atomic E-state index is 10.9. The zero-order valence-corrected chi connectivity index (χ0v) is 11.0. The number of benzene rings is 1. The normalized spacial score (nSPS) is 11.5. The molecule has 1 atom stereocenters. The van der Waals surface area contributed by atoms with Crippen LogP contribution in [0.2, 0.25) is 0 Å². The van der Waals surface area contributed by atoms with Crippen LogP contribution in [0.25, 0.3) is 0 Å². The van der Waals surface area contributed by atoms with Crippen molar-refractivity contribution in [2.24, 2.45) is 11.8 Å². The number of nitrogens with one attached hydrogen (secondary N) is 1. The van der Waals surface area contributed by atoms with E-state index >= 15 is 0 Å². The van der Waals surface area contributed by atoms with Crippen LogP contribution in [0, 0.1) is 27.4 Å². The topological polar surface area (TPSA) is 108 Å². The summed E-state index contributed by atoms with van der Waals surface area (Å²) in [6, 6.07) is 6.72. The van der Waals surface area contributed by atoms with Crippen molar-refractivity contribution in [3.8, 4) is 6.07 Å². The number of nitrogens with zero attached hydrogens (tertiary/aromatic N) is 3. The molecule has 0 aliphatic heterocycles. The summed E-state index contributed by atoms with van der Waals surface area (Å²) in [5.74, 6) is 5.15. The predicted octanol–water partition coefficient (Wildman–Crippen LogP) is 1.87. The van der Waals surface area contributed by atoms with Crippen molar-refractivity contribution >= 4 is 17.1 Å². The summed E-state index contributed by atoms with van der Waals surface area (Å²) in [5.41, 5.74) is 3.52. The zero-order chi connectivity index (χ0) is 14.4. The van der Waals surface area contributed by atoms with Crippen LogP contribution < -0.4 is 16.2 Å². The van der Waals surface area contributed by atoms with Gasteiger partial charge >= 0.3 is 0 Å². The van der Waals surface area contributed by atoms with E-state index in [0.717, 1.165) is 0 Å². The molecule has 0 aromatic heterocycles. The lowest BCUT2D eigenvalue weighted by Gasteiger charge is -2.24. The molecule has 0 heterocycles. The van der Waals surface area contributed by atoms with Crippen LogP contribution in [0.15, 0.2) is 18.2 Å². The Morgan fingerprint density at radius 1 is 1.58 bits per heavy atom. The van der Waals surface area contributed by atoms with Crippen LogP contribution in [0.1, 0.15) is 13.8 Å². The van der Waals surface area contributed by atoms with Crippen molar-refractivity contribution in [2.45, 2.75) is 13.8 Å². The van der Waals surface area contributed by atoms with Crippen LogP contribution in [0.5, 0.6) is 0 Å². The number of nitriles is 1. The lowest BCUT2D eigenvalue weighted by molar-refractivity contribution is -0.384. The zero-order valence-electron chi connectivity index (χ0n) is 11.0. The Labute approximate surface area is 111 Å². The number of hydrogen-bond donors (Lipinski definition) is 2. The van der Waals surface area contributed by atoms with Gasteiger partial charge in [0.05, 0.1) is 22.6 Å². The van der Waals surface area contributed by atoms with E-state index in [1.54, 1.807) is 6.07 Å². The summed E-state index contributed by atoms with van der Waals surface area (Å²) < 4.78 is 0. The first-order valence-corrected chi connectivity index (χ1v) is 5.92. The maximum absolute atomic E-state index is 10.9. The summed E-state index contributed by atoms with van der Waals surface area (Å²) in [7, 11) is 0. The highest BCUT2D eigenvalue weighted by molar-refractivity contribution is 5.64. The summed E-state index contributed by atoms with van der Waals surface area (Å²) in [6.45, 7) is 4.90. The number of nitro benzene ring substituents is 1. The van der Waals surface area contributed by atoms with Crippen molar-refractivity contribution < 1.29 is 4.92 Å². The molecule has 0 saturated carbocycles. The minimum absolute atomic E-state index is 0.0338. The van der Waals surface area contributed by atoms with Crippen LogP contribution in [-0.2, 0) is 0 Å². The second-order valence-electron chi connectivity index (χ2n) is 4.21. The van der Waals surface area contributed by atoms with Gasteiger partial charge in [-0.2, -0.15) is 5.26 Å². The third-order valence-corrected chi connectivity index (χ3v) is 2.74. The van der Waals surface area contributed by atoms with Crippen LogP contribution in [-0.4, -0.2) is 18.0 Å². The van der Waals surface area contributed by atoms with E-state index in [2.05, 4.69) is 11.5 Å². The summed E-state index contributed by atoms with van der Waals surface area (Å²) in [6.07, 6.45) is 0. The van der Waals surface area contributed by atoms with Crippen molar-refractivity contribution in [1.29, 1.82) is 5.26 Å². The molecule has 3 N–H and O–H groups in total. The molecule has 0 amide bonds. The number of hydrazine groups is 1. The molecule has 0 fully saturated rings. The highest BCUT2D eigenvalue weighted by Crippen LogP contribution is 2.27. The average Bonchev–Trinajstić information content (AvgIpc) is 2.43. The molecule has 102 valence electrons. The number of rotatable bonds is 6. The molecule has 1 aromatic carbocycles. The molecule has 0 spiro atoms. The van der Waals surface area contributed by atoms with Crippen LogP contribution in [0.4, 0.5) is 17.1 Å². The quantitative estimate of drug-likeness (QED) is 0.460. The fraction of sp³-hybridized carbons (Fsp3) is 0.417. The Hall–Kier alpha value is -2.33.